The molecule has 1 aliphatic heterocycles. The third kappa shape index (κ3) is 3.62. The molecule has 8 heteroatoms. The molecule has 0 bridgehead atoms. The summed E-state index contributed by atoms with van der Waals surface area (Å²) in [7, 11) is -2.03. The third-order valence-corrected chi connectivity index (χ3v) is 7.21. The number of nitrogens with zero attached hydrogens (tertiary/aromatic N) is 2. The fourth-order valence-electron chi connectivity index (χ4n) is 3.45. The molecule has 0 atom stereocenters. The molecule has 0 fully saturated rings. The summed E-state index contributed by atoms with van der Waals surface area (Å²) < 4.78 is 32.2. The lowest BCUT2D eigenvalue weighted by molar-refractivity contribution is 0.0986. The van der Waals surface area contributed by atoms with Gasteiger partial charge in [-0.15, -0.1) is 0 Å². The van der Waals surface area contributed by atoms with Gasteiger partial charge < -0.3 is 9.64 Å². The van der Waals surface area contributed by atoms with Gasteiger partial charge in [-0.05, 0) is 48.4 Å². The summed E-state index contributed by atoms with van der Waals surface area (Å²) >= 11 is 6.06. The van der Waals surface area contributed by atoms with Crippen molar-refractivity contribution in [3.05, 3.63) is 52.5 Å². The number of hydrogen-bond donors (Lipinski definition) is 0. The van der Waals surface area contributed by atoms with Gasteiger partial charge in [0.15, 0.2) is 0 Å². The first-order valence-electron chi connectivity index (χ1n) is 9.12. The molecular weight excluding hydrogens is 400 g/mol. The van der Waals surface area contributed by atoms with Crippen LogP contribution in [0, 0.1) is 0 Å². The number of carbonyl (C=O) groups excluding carboxylic acids is 1. The lowest BCUT2D eigenvalue weighted by Gasteiger charge is -2.21. The number of fused-ring (bicyclic) bond motifs is 1. The molecule has 0 radical (unpaired) electrons. The first-order valence-corrected chi connectivity index (χ1v) is 10.9. The van der Waals surface area contributed by atoms with E-state index in [9.17, 15) is 13.2 Å². The van der Waals surface area contributed by atoms with Gasteiger partial charge in [-0.3, -0.25) is 4.79 Å². The average molecular weight is 423 g/mol. The minimum Gasteiger partial charge on any atom is -0.496 e. The topological polar surface area (TPSA) is 66.9 Å². The van der Waals surface area contributed by atoms with Crippen LogP contribution in [0.25, 0.3) is 0 Å². The second-order valence-corrected chi connectivity index (χ2v) is 8.81. The minimum atomic E-state index is -3.54. The van der Waals surface area contributed by atoms with E-state index in [1.54, 1.807) is 41.3 Å². The zero-order valence-corrected chi connectivity index (χ0v) is 17.7. The van der Waals surface area contributed by atoms with Crippen LogP contribution in [0.3, 0.4) is 0 Å². The Balaban J connectivity index is 1.96. The van der Waals surface area contributed by atoms with Gasteiger partial charge in [-0.25, -0.2) is 8.42 Å². The molecule has 0 unspecified atom stereocenters. The molecule has 28 heavy (non-hydrogen) atoms. The molecule has 1 amide bonds. The van der Waals surface area contributed by atoms with Gasteiger partial charge in [0.2, 0.25) is 10.0 Å². The van der Waals surface area contributed by atoms with Crippen LogP contribution in [0.5, 0.6) is 5.75 Å². The molecule has 0 N–H and O–H groups in total. The summed E-state index contributed by atoms with van der Waals surface area (Å²) in [6.07, 6.45) is 0.589. The fourth-order valence-corrected chi connectivity index (χ4v) is 5.14. The van der Waals surface area contributed by atoms with Crippen molar-refractivity contribution in [3.63, 3.8) is 0 Å². The van der Waals surface area contributed by atoms with Crippen LogP contribution in [0.1, 0.15) is 29.8 Å². The highest BCUT2D eigenvalue weighted by Crippen LogP contribution is 2.34. The van der Waals surface area contributed by atoms with E-state index in [1.807, 2.05) is 13.8 Å². The molecule has 6 nitrogen and oxygen atoms in total. The van der Waals surface area contributed by atoms with Gasteiger partial charge in [0.05, 0.1) is 17.6 Å². The number of carbonyl (C=O) groups is 1. The van der Waals surface area contributed by atoms with E-state index in [0.29, 0.717) is 48.1 Å². The number of methoxy groups -OCH3 is 1. The molecule has 3 rings (SSSR count). The number of benzene rings is 2. The van der Waals surface area contributed by atoms with Crippen molar-refractivity contribution >= 4 is 33.2 Å². The highest BCUT2D eigenvalue weighted by molar-refractivity contribution is 7.89. The minimum absolute atomic E-state index is 0.225. The molecule has 1 aliphatic rings. The molecule has 2 aromatic rings. The van der Waals surface area contributed by atoms with E-state index in [-0.39, 0.29) is 10.8 Å². The maximum absolute atomic E-state index is 13.1. The van der Waals surface area contributed by atoms with Crippen molar-refractivity contribution in [3.8, 4) is 5.75 Å². The maximum Gasteiger partial charge on any atom is 0.262 e. The molecule has 0 saturated carbocycles. The molecule has 0 spiro atoms. The second kappa shape index (κ2) is 8.11. The SMILES string of the molecule is CCN(CC)S(=O)(=O)c1ccc2c(c1)CCN2C(=O)c1cc(Cl)ccc1OC. The number of amides is 1. The Kier molecular flexibility index (Phi) is 5.98. The Morgan fingerprint density at radius 2 is 1.89 bits per heavy atom. The number of anilines is 1. The van der Waals surface area contributed by atoms with Crippen molar-refractivity contribution in [1.82, 2.24) is 4.31 Å². The quantitative estimate of drug-likeness (QED) is 0.713. The van der Waals surface area contributed by atoms with Crippen LogP contribution in [-0.2, 0) is 16.4 Å². The Morgan fingerprint density at radius 1 is 1.18 bits per heavy atom. The molecular formula is C20H23ClN2O4S. The summed E-state index contributed by atoms with van der Waals surface area (Å²) in [5.41, 5.74) is 1.93. The van der Waals surface area contributed by atoms with E-state index in [0.717, 1.165) is 5.56 Å². The van der Waals surface area contributed by atoms with Crippen LogP contribution in [-0.4, -0.2) is 45.4 Å². The van der Waals surface area contributed by atoms with Crippen molar-refractivity contribution in [2.75, 3.05) is 31.6 Å². The van der Waals surface area contributed by atoms with E-state index in [1.165, 1.54) is 11.4 Å². The van der Waals surface area contributed by atoms with Crippen LogP contribution >= 0.6 is 11.6 Å². The molecule has 2 aromatic carbocycles. The van der Waals surface area contributed by atoms with Crippen molar-refractivity contribution in [2.45, 2.75) is 25.2 Å². The number of sulfonamides is 1. The van der Waals surface area contributed by atoms with Crippen LogP contribution in [0.2, 0.25) is 5.02 Å². The predicted octanol–water partition coefficient (Wildman–Crippen LogP) is 3.58. The van der Waals surface area contributed by atoms with Gasteiger partial charge in [0.1, 0.15) is 5.75 Å². The lowest BCUT2D eigenvalue weighted by atomic mass is 10.1. The molecule has 0 aromatic heterocycles. The fraction of sp³-hybridized carbons (Fsp3) is 0.350. The van der Waals surface area contributed by atoms with Gasteiger partial charge in [-0.2, -0.15) is 4.31 Å². The first-order chi connectivity index (χ1) is 13.3. The van der Waals surface area contributed by atoms with E-state index < -0.39 is 10.0 Å². The standard InChI is InChI=1S/C20H23ClN2O4S/c1-4-22(5-2)28(25,26)16-7-8-18-14(12-16)10-11-23(18)20(24)17-13-15(21)6-9-19(17)27-3/h6-9,12-13H,4-5,10-11H2,1-3H3. The van der Waals surface area contributed by atoms with Gasteiger partial charge in [-0.1, -0.05) is 25.4 Å². The van der Waals surface area contributed by atoms with Crippen LogP contribution < -0.4 is 9.64 Å². The number of rotatable bonds is 6. The van der Waals surface area contributed by atoms with E-state index in [2.05, 4.69) is 0 Å². The number of hydrogen-bond acceptors (Lipinski definition) is 4. The average Bonchev–Trinajstić information content (AvgIpc) is 3.11. The molecule has 0 aliphatic carbocycles. The predicted molar refractivity (Wildman–Crippen MR) is 110 cm³/mol. The Labute approximate surface area is 170 Å². The van der Waals surface area contributed by atoms with Crippen LogP contribution in [0.15, 0.2) is 41.3 Å². The van der Waals surface area contributed by atoms with Gasteiger partial charge in [0, 0.05) is 30.3 Å². The normalized spacial score (nSPS) is 13.7. The summed E-state index contributed by atoms with van der Waals surface area (Å²) in [6, 6.07) is 9.85. The number of halogens is 1. The molecule has 150 valence electrons. The van der Waals surface area contributed by atoms with Crippen molar-refractivity contribution in [1.29, 1.82) is 0 Å². The van der Waals surface area contributed by atoms with Gasteiger partial charge >= 0.3 is 0 Å². The summed E-state index contributed by atoms with van der Waals surface area (Å²) in [5.74, 6) is 0.223. The number of ether oxygens (including phenoxy) is 1. The van der Waals surface area contributed by atoms with Crippen molar-refractivity contribution in [2.24, 2.45) is 0 Å². The Morgan fingerprint density at radius 3 is 2.54 bits per heavy atom. The summed E-state index contributed by atoms with van der Waals surface area (Å²) in [6.45, 7) is 4.92. The Hall–Kier alpha value is -2.09. The monoisotopic (exact) mass is 422 g/mol. The maximum atomic E-state index is 13.1. The smallest absolute Gasteiger partial charge is 0.262 e. The van der Waals surface area contributed by atoms with Crippen molar-refractivity contribution < 1.29 is 17.9 Å². The highest BCUT2D eigenvalue weighted by atomic mass is 35.5. The third-order valence-electron chi connectivity index (χ3n) is 4.93. The van der Waals surface area contributed by atoms with E-state index >= 15 is 0 Å². The summed E-state index contributed by atoms with van der Waals surface area (Å²) in [4.78, 5) is 15.0. The molecule has 1 heterocycles. The van der Waals surface area contributed by atoms with Gasteiger partial charge in [0.25, 0.3) is 5.91 Å². The van der Waals surface area contributed by atoms with E-state index in [4.69, 9.17) is 16.3 Å². The Bertz CT molecular complexity index is 1000. The zero-order valence-electron chi connectivity index (χ0n) is 16.1. The zero-order chi connectivity index (χ0) is 20.5. The largest absolute Gasteiger partial charge is 0.496 e. The molecule has 0 saturated heterocycles. The lowest BCUT2D eigenvalue weighted by Crippen LogP contribution is -2.31. The first kappa shape index (κ1) is 20.6. The highest BCUT2D eigenvalue weighted by Gasteiger charge is 2.30. The second-order valence-electron chi connectivity index (χ2n) is 6.43. The van der Waals surface area contributed by atoms with Crippen LogP contribution in [0.4, 0.5) is 5.69 Å². The summed E-state index contributed by atoms with van der Waals surface area (Å²) in [5, 5.41) is 0.448.